The summed E-state index contributed by atoms with van der Waals surface area (Å²) in [5.41, 5.74) is 1.37. The first-order valence-electron chi connectivity index (χ1n) is 9.50. The van der Waals surface area contributed by atoms with Gasteiger partial charge in [-0.2, -0.15) is 13.2 Å². The topological polar surface area (TPSA) is 39.9 Å². The van der Waals surface area contributed by atoms with Crippen LogP contribution in [0.4, 0.5) is 13.2 Å². The number of benzene rings is 3. The van der Waals surface area contributed by atoms with Gasteiger partial charge in [-0.1, -0.05) is 53.7 Å². The van der Waals surface area contributed by atoms with E-state index in [0.717, 1.165) is 23.4 Å². The lowest BCUT2D eigenvalue weighted by molar-refractivity contribution is -0.137. The number of nitrogens with zero attached hydrogens (tertiary/aromatic N) is 3. The molecule has 4 nitrogen and oxygen atoms in total. The number of para-hydroxylation sites is 1. The quantitative estimate of drug-likeness (QED) is 0.284. The summed E-state index contributed by atoms with van der Waals surface area (Å²) < 4.78 is 46.5. The van der Waals surface area contributed by atoms with Crippen molar-refractivity contribution in [3.63, 3.8) is 0 Å². The van der Waals surface area contributed by atoms with E-state index in [2.05, 4.69) is 10.2 Å². The van der Waals surface area contributed by atoms with Gasteiger partial charge in [-0.25, -0.2) is 0 Å². The average molecular weight is 476 g/mol. The number of hydrogen-bond acceptors (Lipinski definition) is 4. The van der Waals surface area contributed by atoms with E-state index in [0.29, 0.717) is 33.1 Å². The van der Waals surface area contributed by atoms with Gasteiger partial charge in [0.15, 0.2) is 11.0 Å². The standard InChI is InChI=1S/C23H17ClF3N3OS/c1-31-20-8-3-2-7-19(20)21-28-29-22(30(21)18-11-9-17(24)10-12-18)32-14-15-5-4-6-16(13-15)23(25,26)27/h2-13H,14H2,1H3. The van der Waals surface area contributed by atoms with E-state index in [-0.39, 0.29) is 0 Å². The van der Waals surface area contributed by atoms with E-state index in [1.165, 1.54) is 17.8 Å². The molecule has 9 heteroatoms. The van der Waals surface area contributed by atoms with E-state index in [1.54, 1.807) is 25.3 Å². The lowest BCUT2D eigenvalue weighted by atomic mass is 10.1. The highest BCUT2D eigenvalue weighted by Crippen LogP contribution is 2.35. The Morgan fingerprint density at radius 2 is 1.72 bits per heavy atom. The van der Waals surface area contributed by atoms with Crippen LogP contribution in [0.1, 0.15) is 11.1 Å². The van der Waals surface area contributed by atoms with Gasteiger partial charge in [-0.05, 0) is 48.0 Å². The van der Waals surface area contributed by atoms with Crippen molar-refractivity contribution < 1.29 is 17.9 Å². The monoisotopic (exact) mass is 475 g/mol. The van der Waals surface area contributed by atoms with Crippen LogP contribution in [0.15, 0.2) is 78.0 Å². The normalized spacial score (nSPS) is 11.5. The third kappa shape index (κ3) is 4.76. The summed E-state index contributed by atoms with van der Waals surface area (Å²) in [5, 5.41) is 9.80. The van der Waals surface area contributed by atoms with Gasteiger partial charge in [-0.15, -0.1) is 10.2 Å². The Labute approximate surface area is 192 Å². The van der Waals surface area contributed by atoms with Crippen LogP contribution in [0, 0.1) is 0 Å². The minimum Gasteiger partial charge on any atom is -0.496 e. The Kier molecular flexibility index (Phi) is 6.43. The maximum absolute atomic E-state index is 13.1. The number of alkyl halides is 3. The SMILES string of the molecule is COc1ccccc1-c1nnc(SCc2cccc(C(F)(F)F)c2)n1-c1ccc(Cl)cc1. The van der Waals surface area contributed by atoms with Crippen molar-refractivity contribution in [1.29, 1.82) is 0 Å². The summed E-state index contributed by atoms with van der Waals surface area (Å²) in [7, 11) is 1.57. The maximum atomic E-state index is 13.1. The molecule has 0 unspecified atom stereocenters. The minimum absolute atomic E-state index is 0.293. The zero-order valence-electron chi connectivity index (χ0n) is 16.8. The molecule has 0 bridgehead atoms. The molecule has 0 aliphatic heterocycles. The lowest BCUT2D eigenvalue weighted by Crippen LogP contribution is -2.05. The van der Waals surface area contributed by atoms with Crippen molar-refractivity contribution in [3.8, 4) is 22.8 Å². The summed E-state index contributed by atoms with van der Waals surface area (Å²) in [6, 6.07) is 19.9. The Hall–Kier alpha value is -2.97. The van der Waals surface area contributed by atoms with Gasteiger partial charge in [0.1, 0.15) is 5.75 Å². The van der Waals surface area contributed by atoms with E-state index in [1.807, 2.05) is 41.0 Å². The van der Waals surface area contributed by atoms with Crippen LogP contribution in [-0.2, 0) is 11.9 Å². The third-order valence-electron chi connectivity index (χ3n) is 4.69. The maximum Gasteiger partial charge on any atom is 0.416 e. The molecule has 32 heavy (non-hydrogen) atoms. The molecule has 164 valence electrons. The highest BCUT2D eigenvalue weighted by atomic mass is 35.5. The highest BCUT2D eigenvalue weighted by molar-refractivity contribution is 7.98. The number of ether oxygens (including phenoxy) is 1. The van der Waals surface area contributed by atoms with Crippen LogP contribution in [0.2, 0.25) is 5.02 Å². The number of aromatic nitrogens is 3. The highest BCUT2D eigenvalue weighted by Gasteiger charge is 2.30. The second-order valence-corrected chi connectivity index (χ2v) is 8.18. The molecule has 1 aromatic heterocycles. The Morgan fingerprint density at radius 1 is 0.969 bits per heavy atom. The van der Waals surface area contributed by atoms with Gasteiger partial charge in [0.05, 0.1) is 18.2 Å². The van der Waals surface area contributed by atoms with Crippen molar-refractivity contribution in [2.24, 2.45) is 0 Å². The lowest BCUT2D eigenvalue weighted by Gasteiger charge is -2.13. The molecular weight excluding hydrogens is 459 g/mol. The first-order chi connectivity index (χ1) is 15.4. The molecular formula is C23H17ClF3N3OS. The van der Waals surface area contributed by atoms with E-state index >= 15 is 0 Å². The molecule has 4 rings (SSSR count). The van der Waals surface area contributed by atoms with Crippen molar-refractivity contribution in [1.82, 2.24) is 14.8 Å². The number of thioether (sulfide) groups is 1. The Morgan fingerprint density at radius 3 is 2.44 bits per heavy atom. The van der Waals surface area contributed by atoms with Crippen LogP contribution in [0.5, 0.6) is 5.75 Å². The molecule has 0 aliphatic rings. The molecule has 0 saturated carbocycles. The molecule has 0 fully saturated rings. The fraction of sp³-hybridized carbons (Fsp3) is 0.130. The van der Waals surface area contributed by atoms with Crippen molar-refractivity contribution in [3.05, 3.63) is 88.9 Å². The van der Waals surface area contributed by atoms with Gasteiger partial charge >= 0.3 is 6.18 Å². The molecule has 0 N–H and O–H groups in total. The van der Waals surface area contributed by atoms with Gasteiger partial charge in [0, 0.05) is 16.5 Å². The van der Waals surface area contributed by atoms with E-state index in [4.69, 9.17) is 16.3 Å². The minimum atomic E-state index is -4.39. The zero-order valence-corrected chi connectivity index (χ0v) is 18.4. The summed E-state index contributed by atoms with van der Waals surface area (Å²) in [6.07, 6.45) is -4.39. The third-order valence-corrected chi connectivity index (χ3v) is 5.94. The molecule has 0 radical (unpaired) electrons. The Balaban J connectivity index is 1.73. The molecule has 0 aliphatic carbocycles. The number of rotatable bonds is 6. The first kappa shape index (κ1) is 22.2. The number of methoxy groups -OCH3 is 1. The van der Waals surface area contributed by atoms with E-state index in [9.17, 15) is 13.2 Å². The second-order valence-electron chi connectivity index (χ2n) is 6.81. The van der Waals surface area contributed by atoms with Crippen LogP contribution in [0.25, 0.3) is 17.1 Å². The van der Waals surface area contributed by atoms with E-state index < -0.39 is 11.7 Å². The van der Waals surface area contributed by atoms with Crippen molar-refractivity contribution >= 4 is 23.4 Å². The molecule has 0 spiro atoms. The molecule has 3 aromatic carbocycles. The molecule has 0 amide bonds. The van der Waals surface area contributed by atoms with Crippen LogP contribution in [-0.4, -0.2) is 21.9 Å². The molecule has 4 aromatic rings. The summed E-state index contributed by atoms with van der Waals surface area (Å²) in [6.45, 7) is 0. The van der Waals surface area contributed by atoms with Crippen molar-refractivity contribution in [2.75, 3.05) is 7.11 Å². The first-order valence-corrected chi connectivity index (χ1v) is 10.9. The van der Waals surface area contributed by atoms with Crippen LogP contribution in [0.3, 0.4) is 0 Å². The number of halogens is 4. The van der Waals surface area contributed by atoms with Crippen molar-refractivity contribution in [2.45, 2.75) is 17.1 Å². The largest absolute Gasteiger partial charge is 0.496 e. The zero-order chi connectivity index (χ0) is 22.7. The van der Waals surface area contributed by atoms with Gasteiger partial charge < -0.3 is 4.74 Å². The average Bonchev–Trinajstić information content (AvgIpc) is 3.21. The van der Waals surface area contributed by atoms with Crippen LogP contribution < -0.4 is 4.74 Å². The fourth-order valence-electron chi connectivity index (χ4n) is 3.18. The predicted octanol–water partition coefficient (Wildman–Crippen LogP) is 6.91. The molecule has 1 heterocycles. The predicted molar refractivity (Wildman–Crippen MR) is 119 cm³/mol. The number of hydrogen-bond donors (Lipinski definition) is 0. The smallest absolute Gasteiger partial charge is 0.416 e. The van der Waals surface area contributed by atoms with Crippen LogP contribution >= 0.6 is 23.4 Å². The van der Waals surface area contributed by atoms with Gasteiger partial charge in [-0.3, -0.25) is 4.57 Å². The summed E-state index contributed by atoms with van der Waals surface area (Å²) in [5.74, 6) is 1.47. The molecule has 0 atom stereocenters. The van der Waals surface area contributed by atoms with Gasteiger partial charge in [0.2, 0.25) is 0 Å². The summed E-state index contributed by atoms with van der Waals surface area (Å²) in [4.78, 5) is 0. The fourth-order valence-corrected chi connectivity index (χ4v) is 4.20. The second kappa shape index (κ2) is 9.26. The van der Waals surface area contributed by atoms with Gasteiger partial charge in [0.25, 0.3) is 0 Å². The molecule has 0 saturated heterocycles. The Bertz CT molecular complexity index is 1230. The summed E-state index contributed by atoms with van der Waals surface area (Å²) >= 11 is 7.35.